The highest BCUT2D eigenvalue weighted by atomic mass is 35.5. The molecule has 422 valence electrons. The monoisotopic (exact) mass is 1120 g/mol. The van der Waals surface area contributed by atoms with Crippen LogP contribution in [0.25, 0.3) is 76.8 Å². The number of hydrogen-bond acceptors (Lipinski definition) is 2. The molecule has 0 N–H and O–H groups in total. The van der Waals surface area contributed by atoms with Crippen LogP contribution >= 0.6 is 11.6 Å². The second-order valence-electron chi connectivity index (χ2n) is 27.2. The molecule has 0 aliphatic rings. The quantitative estimate of drug-likeness (QED) is 0.126. The van der Waals surface area contributed by atoms with Crippen LogP contribution in [-0.4, -0.2) is 0 Å². The Bertz CT molecular complexity index is 4320. The van der Waals surface area contributed by atoms with E-state index in [9.17, 15) is 0 Å². The molecule has 0 unspecified atom stereocenters. The maximum Gasteiger partial charge on any atom is 0.0887 e. The smallest absolute Gasteiger partial charge is 0.0887 e. The van der Waals surface area contributed by atoms with Crippen molar-refractivity contribution in [2.75, 3.05) is 9.80 Å². The van der Waals surface area contributed by atoms with Gasteiger partial charge in [-0.25, -0.2) is 0 Å². The van der Waals surface area contributed by atoms with Crippen molar-refractivity contribution in [2.45, 2.75) is 105 Å². The number of hydrogen-bond donors (Lipinski definition) is 0. The van der Waals surface area contributed by atoms with Gasteiger partial charge in [0.15, 0.2) is 0 Å². The van der Waals surface area contributed by atoms with E-state index < -0.39 is 0 Å². The van der Waals surface area contributed by atoms with E-state index in [0.29, 0.717) is 5.02 Å². The second kappa shape index (κ2) is 22.1. The molecule has 3 heteroatoms. The molecule has 0 bridgehead atoms. The highest BCUT2D eigenvalue weighted by Gasteiger charge is 2.31. The van der Waals surface area contributed by atoms with Gasteiger partial charge in [0, 0.05) is 28.1 Å². The Kier molecular flexibility index (Phi) is 14.7. The Hall–Kier alpha value is -8.69. The van der Waals surface area contributed by atoms with E-state index in [0.717, 1.165) is 73.1 Å². The lowest BCUT2D eigenvalue weighted by Crippen LogP contribution is -2.18. The van der Waals surface area contributed by atoms with Crippen LogP contribution in [-0.2, 0) is 21.7 Å². The number of nitrogens with zero attached hydrogens (tertiary/aromatic N) is 2. The van der Waals surface area contributed by atoms with Gasteiger partial charge in [0.2, 0.25) is 0 Å². The molecule has 85 heavy (non-hydrogen) atoms. The van der Waals surface area contributed by atoms with Crippen LogP contribution in [0.5, 0.6) is 0 Å². The Morgan fingerprint density at radius 1 is 0.247 bits per heavy atom. The zero-order chi connectivity index (χ0) is 59.6. The van der Waals surface area contributed by atoms with Crippen LogP contribution in [0.2, 0.25) is 5.02 Å². The zero-order valence-electron chi connectivity index (χ0n) is 51.4. The average molecular weight is 1130 g/mol. The van der Waals surface area contributed by atoms with Gasteiger partial charge in [0.25, 0.3) is 0 Å². The molecule has 0 saturated heterocycles. The fourth-order valence-electron chi connectivity index (χ4n) is 12.2. The third kappa shape index (κ3) is 11.1. The molecule has 0 radical (unpaired) electrons. The van der Waals surface area contributed by atoms with Crippen molar-refractivity contribution in [3.63, 3.8) is 0 Å². The molecule has 0 aliphatic heterocycles. The molecule has 0 saturated carbocycles. The fourth-order valence-corrected chi connectivity index (χ4v) is 12.5. The van der Waals surface area contributed by atoms with Gasteiger partial charge in [0.1, 0.15) is 0 Å². The van der Waals surface area contributed by atoms with E-state index in [-0.39, 0.29) is 21.7 Å². The summed E-state index contributed by atoms with van der Waals surface area (Å²) >= 11 is 8.50. The molecule has 0 atom stereocenters. The van der Waals surface area contributed by atoms with Crippen molar-refractivity contribution < 1.29 is 0 Å². The van der Waals surface area contributed by atoms with Gasteiger partial charge in [-0.3, -0.25) is 0 Å². The molecular weight excluding hydrogens is 1050 g/mol. The van der Waals surface area contributed by atoms with Crippen molar-refractivity contribution in [1.29, 1.82) is 0 Å². The van der Waals surface area contributed by atoms with Gasteiger partial charge in [-0.1, -0.05) is 277 Å². The normalized spacial score (nSPS) is 12.3. The maximum atomic E-state index is 8.50. The molecule has 0 amide bonds. The van der Waals surface area contributed by atoms with E-state index in [1.807, 2.05) is 0 Å². The highest BCUT2D eigenvalue weighted by Crippen LogP contribution is 2.54. The molecule has 2 nitrogen and oxygen atoms in total. The SMILES string of the molecule is CC(C)(C)c1ccc(-c2ccc(N(c3ccc(C(C)(C)C)cc3-c3ccc4c5ccccc5c5ccccc5c4c3)c3cccc(N(c4ccc(C(C)(C)C)cc4)c4c(-c5ccccc5)cc(C(C)(C)C)cc4-c4ccccc4)c3Cl)cc2)cc1. The predicted octanol–water partition coefficient (Wildman–Crippen LogP) is 24.6. The van der Waals surface area contributed by atoms with Gasteiger partial charge in [-0.15, -0.1) is 0 Å². The number of anilines is 6. The van der Waals surface area contributed by atoms with E-state index in [1.165, 1.54) is 60.1 Å². The summed E-state index contributed by atoms with van der Waals surface area (Å²) in [4.78, 5) is 4.84. The number of benzene rings is 12. The lowest BCUT2D eigenvalue weighted by atomic mass is 9.82. The van der Waals surface area contributed by atoms with Crippen molar-refractivity contribution in [2.24, 2.45) is 0 Å². The second-order valence-corrected chi connectivity index (χ2v) is 27.6. The van der Waals surface area contributed by atoms with Crippen LogP contribution in [0.15, 0.2) is 249 Å². The third-order valence-electron chi connectivity index (χ3n) is 17.2. The van der Waals surface area contributed by atoms with Gasteiger partial charge < -0.3 is 9.80 Å². The van der Waals surface area contributed by atoms with Gasteiger partial charge in [0.05, 0.1) is 27.8 Å². The van der Waals surface area contributed by atoms with Crippen molar-refractivity contribution in [1.82, 2.24) is 0 Å². The minimum absolute atomic E-state index is 0.0520. The van der Waals surface area contributed by atoms with E-state index in [4.69, 9.17) is 11.6 Å². The molecule has 12 aromatic carbocycles. The van der Waals surface area contributed by atoms with Crippen molar-refractivity contribution >= 4 is 78.0 Å². The minimum atomic E-state index is -0.152. The van der Waals surface area contributed by atoms with Crippen molar-refractivity contribution in [3.8, 4) is 44.5 Å². The Morgan fingerprint density at radius 2 is 0.612 bits per heavy atom. The van der Waals surface area contributed by atoms with E-state index in [1.54, 1.807) is 0 Å². The van der Waals surface area contributed by atoms with Crippen molar-refractivity contribution in [3.05, 3.63) is 276 Å². The zero-order valence-corrected chi connectivity index (χ0v) is 52.2. The minimum Gasteiger partial charge on any atom is -0.308 e. The van der Waals surface area contributed by atoms with Crippen LogP contribution in [0.4, 0.5) is 34.1 Å². The van der Waals surface area contributed by atoms with Gasteiger partial charge in [-0.2, -0.15) is 0 Å². The predicted molar refractivity (Wildman–Crippen MR) is 370 cm³/mol. The number of halogens is 1. The summed E-state index contributed by atoms with van der Waals surface area (Å²) in [6.45, 7) is 27.5. The Labute approximate surface area is 510 Å². The first-order chi connectivity index (χ1) is 40.6. The van der Waals surface area contributed by atoms with E-state index in [2.05, 4.69) is 342 Å². The molecular formula is C82H77ClN2. The van der Waals surface area contributed by atoms with Crippen LogP contribution in [0.1, 0.15) is 105 Å². The summed E-state index contributed by atoms with van der Waals surface area (Å²) < 4.78 is 0. The lowest BCUT2D eigenvalue weighted by molar-refractivity contribution is 0.590. The highest BCUT2D eigenvalue weighted by molar-refractivity contribution is 6.37. The number of fused-ring (bicyclic) bond motifs is 6. The first kappa shape index (κ1) is 56.8. The third-order valence-corrected chi connectivity index (χ3v) is 17.6. The largest absolute Gasteiger partial charge is 0.308 e. The summed E-state index contributed by atoms with van der Waals surface area (Å²) in [5.74, 6) is 0. The first-order valence-corrected chi connectivity index (χ1v) is 30.5. The fraction of sp³-hybridized carbons (Fsp3) is 0.195. The number of rotatable bonds is 10. The average Bonchev–Trinajstić information content (AvgIpc) is 1.40. The molecule has 0 spiro atoms. The lowest BCUT2D eigenvalue weighted by Gasteiger charge is -2.35. The van der Waals surface area contributed by atoms with Gasteiger partial charge >= 0.3 is 0 Å². The molecule has 0 aromatic heterocycles. The van der Waals surface area contributed by atoms with Crippen LogP contribution < -0.4 is 9.80 Å². The summed E-state index contributed by atoms with van der Waals surface area (Å²) in [5, 5.41) is 8.08. The molecule has 12 aromatic rings. The topological polar surface area (TPSA) is 6.48 Å². The molecule has 0 heterocycles. The maximum absolute atomic E-state index is 8.50. The van der Waals surface area contributed by atoms with E-state index >= 15 is 0 Å². The first-order valence-electron chi connectivity index (χ1n) is 30.1. The van der Waals surface area contributed by atoms with Crippen LogP contribution in [0.3, 0.4) is 0 Å². The standard InChI is InChI=1S/C82H77ClN2/c1-79(2,3)59-39-34-54(35-40-59)55-36-44-63(45-37-55)84(74-49-43-61(81(7,8)9)51-70(74)58-38-48-69-67-30-20-19-28-65(67)66-29-21-22-31-68(66)73(69)50-58)75-32-23-33-76(77(75)83)85(64-46-41-60(42-47-64)80(4,5)6)78-71(56-24-15-13-16-25-56)52-62(82(10,11)12)53-72(78)57-26-17-14-18-27-57/h13-53H,1-12H3. The molecule has 0 fully saturated rings. The molecule has 0 aliphatic carbocycles. The summed E-state index contributed by atoms with van der Waals surface area (Å²) in [6, 6.07) is 92.3. The Morgan fingerprint density at radius 3 is 1.09 bits per heavy atom. The summed E-state index contributed by atoms with van der Waals surface area (Å²) in [6.07, 6.45) is 0. The Balaban J connectivity index is 1.15. The summed E-state index contributed by atoms with van der Waals surface area (Å²) in [5.41, 5.74) is 19.6. The summed E-state index contributed by atoms with van der Waals surface area (Å²) in [7, 11) is 0. The molecule has 12 rings (SSSR count). The van der Waals surface area contributed by atoms with Gasteiger partial charge in [-0.05, 0) is 171 Å². The van der Waals surface area contributed by atoms with Crippen LogP contribution in [0, 0.1) is 0 Å².